The number of nitrogens with zero attached hydrogens (tertiary/aromatic N) is 3. The number of nitrogens with one attached hydrogen (secondary N) is 1. The van der Waals surface area contributed by atoms with Gasteiger partial charge in [-0.3, -0.25) is 0 Å². The summed E-state index contributed by atoms with van der Waals surface area (Å²) >= 11 is 1.58. The van der Waals surface area contributed by atoms with Crippen LogP contribution in [0, 0.1) is 0 Å². The fraction of sp³-hybridized carbons (Fsp3) is 0.818. The molecule has 1 N–H and O–H groups in total. The highest BCUT2D eigenvalue weighted by molar-refractivity contribution is 7.09. The summed E-state index contributed by atoms with van der Waals surface area (Å²) in [6.45, 7) is 5.45. The highest BCUT2D eigenvalue weighted by Gasteiger charge is 2.30. The topological polar surface area (TPSA) is 41.0 Å². The standard InChI is InChI=1S/C11H18N4S/c1-2-9-7-12-5-6-15(9)11-13-10(14-16-11)8-3-4-8/h8-9,12H,2-7H2,1H3. The number of aromatic nitrogens is 2. The Labute approximate surface area is 100 Å². The number of rotatable bonds is 3. The minimum atomic E-state index is 0.591. The predicted octanol–water partition coefficient (Wildman–Crippen LogP) is 1.60. The van der Waals surface area contributed by atoms with Crippen molar-refractivity contribution in [1.82, 2.24) is 14.7 Å². The maximum Gasteiger partial charge on any atom is 0.205 e. The molecular weight excluding hydrogens is 220 g/mol. The third-order valence-electron chi connectivity index (χ3n) is 3.44. The van der Waals surface area contributed by atoms with Crippen LogP contribution >= 0.6 is 11.5 Å². The minimum Gasteiger partial charge on any atom is -0.341 e. The lowest BCUT2D eigenvalue weighted by Gasteiger charge is -2.35. The fourth-order valence-electron chi connectivity index (χ4n) is 2.23. The molecule has 5 heteroatoms. The molecule has 16 heavy (non-hydrogen) atoms. The summed E-state index contributed by atoms with van der Waals surface area (Å²) in [6, 6.07) is 0.591. The van der Waals surface area contributed by atoms with E-state index in [9.17, 15) is 0 Å². The summed E-state index contributed by atoms with van der Waals surface area (Å²) < 4.78 is 4.49. The Kier molecular flexibility index (Phi) is 2.81. The van der Waals surface area contributed by atoms with E-state index in [2.05, 4.69) is 21.5 Å². The first-order valence-electron chi connectivity index (χ1n) is 6.19. The molecule has 2 fully saturated rings. The summed E-state index contributed by atoms with van der Waals surface area (Å²) in [5.74, 6) is 1.77. The van der Waals surface area contributed by atoms with Crippen molar-refractivity contribution in [2.45, 2.75) is 38.1 Å². The molecule has 1 aliphatic heterocycles. The van der Waals surface area contributed by atoms with E-state index in [1.165, 1.54) is 19.3 Å². The molecule has 0 radical (unpaired) electrons. The third-order valence-corrected chi connectivity index (χ3v) is 4.21. The maximum atomic E-state index is 4.70. The van der Waals surface area contributed by atoms with Gasteiger partial charge in [-0.2, -0.15) is 4.37 Å². The van der Waals surface area contributed by atoms with E-state index in [-0.39, 0.29) is 0 Å². The van der Waals surface area contributed by atoms with E-state index in [1.54, 1.807) is 11.5 Å². The Morgan fingerprint density at radius 2 is 2.38 bits per heavy atom. The smallest absolute Gasteiger partial charge is 0.205 e. The maximum absolute atomic E-state index is 4.70. The summed E-state index contributed by atoms with van der Waals surface area (Å²) in [4.78, 5) is 7.13. The summed E-state index contributed by atoms with van der Waals surface area (Å²) in [6.07, 6.45) is 3.75. The average Bonchev–Trinajstić information content (AvgIpc) is 3.07. The average molecular weight is 238 g/mol. The largest absolute Gasteiger partial charge is 0.341 e. The molecule has 1 aromatic heterocycles. The molecule has 1 saturated carbocycles. The Morgan fingerprint density at radius 3 is 3.12 bits per heavy atom. The second-order valence-electron chi connectivity index (χ2n) is 4.67. The molecule has 1 aromatic rings. The van der Waals surface area contributed by atoms with Crippen molar-refractivity contribution in [2.75, 3.05) is 24.5 Å². The van der Waals surface area contributed by atoms with Crippen LogP contribution in [0.5, 0.6) is 0 Å². The Hall–Kier alpha value is -0.680. The first kappa shape index (κ1) is 10.5. The van der Waals surface area contributed by atoms with Gasteiger partial charge in [-0.1, -0.05) is 6.92 Å². The van der Waals surface area contributed by atoms with Crippen LogP contribution in [0.2, 0.25) is 0 Å². The zero-order chi connectivity index (χ0) is 11.0. The van der Waals surface area contributed by atoms with E-state index in [4.69, 9.17) is 4.98 Å². The molecule has 3 rings (SSSR count). The van der Waals surface area contributed by atoms with E-state index < -0.39 is 0 Å². The zero-order valence-electron chi connectivity index (χ0n) is 9.65. The van der Waals surface area contributed by atoms with Crippen molar-refractivity contribution in [2.24, 2.45) is 0 Å². The molecule has 4 nitrogen and oxygen atoms in total. The lowest BCUT2D eigenvalue weighted by molar-refractivity contribution is 0.465. The quantitative estimate of drug-likeness (QED) is 0.868. The van der Waals surface area contributed by atoms with Crippen LogP contribution < -0.4 is 10.2 Å². The molecule has 2 heterocycles. The van der Waals surface area contributed by atoms with Gasteiger partial charge >= 0.3 is 0 Å². The van der Waals surface area contributed by atoms with Crippen LogP contribution in [0.3, 0.4) is 0 Å². The van der Waals surface area contributed by atoms with Gasteiger partial charge in [0.05, 0.1) is 0 Å². The first-order chi connectivity index (χ1) is 7.88. The van der Waals surface area contributed by atoms with Crippen molar-refractivity contribution in [3.63, 3.8) is 0 Å². The van der Waals surface area contributed by atoms with Gasteiger partial charge in [-0.25, -0.2) is 4.98 Å². The highest BCUT2D eigenvalue weighted by atomic mass is 32.1. The molecule has 1 saturated heterocycles. The van der Waals surface area contributed by atoms with E-state index in [1.807, 2.05) is 0 Å². The Bertz CT molecular complexity index is 361. The SMILES string of the molecule is CCC1CNCCN1c1nc(C2CC2)ns1. The van der Waals surface area contributed by atoms with E-state index in [0.29, 0.717) is 12.0 Å². The molecule has 0 amide bonds. The summed E-state index contributed by atoms with van der Waals surface area (Å²) in [5.41, 5.74) is 0. The normalized spacial score (nSPS) is 26.1. The number of hydrogen-bond acceptors (Lipinski definition) is 5. The van der Waals surface area contributed by atoms with Gasteiger partial charge in [0, 0.05) is 43.1 Å². The number of anilines is 1. The molecule has 0 aromatic carbocycles. The second-order valence-corrected chi connectivity index (χ2v) is 5.40. The van der Waals surface area contributed by atoms with Crippen molar-refractivity contribution < 1.29 is 0 Å². The Morgan fingerprint density at radius 1 is 1.50 bits per heavy atom. The summed E-state index contributed by atoms with van der Waals surface area (Å²) in [7, 11) is 0. The van der Waals surface area contributed by atoms with Crippen LogP contribution in [0.4, 0.5) is 5.13 Å². The number of hydrogen-bond donors (Lipinski definition) is 1. The van der Waals surface area contributed by atoms with Gasteiger partial charge in [0.15, 0.2) is 0 Å². The van der Waals surface area contributed by atoms with E-state index in [0.717, 1.165) is 30.6 Å². The van der Waals surface area contributed by atoms with Crippen LogP contribution in [0.25, 0.3) is 0 Å². The van der Waals surface area contributed by atoms with Crippen molar-refractivity contribution in [3.8, 4) is 0 Å². The van der Waals surface area contributed by atoms with Gasteiger partial charge in [0.2, 0.25) is 5.13 Å². The van der Waals surface area contributed by atoms with Gasteiger partial charge in [-0.05, 0) is 19.3 Å². The molecular formula is C11H18N4S. The molecule has 1 unspecified atom stereocenters. The molecule has 1 aliphatic carbocycles. The van der Waals surface area contributed by atoms with Crippen molar-refractivity contribution >= 4 is 16.7 Å². The minimum absolute atomic E-state index is 0.591. The van der Waals surface area contributed by atoms with Crippen molar-refractivity contribution in [3.05, 3.63) is 5.82 Å². The Balaban J connectivity index is 1.77. The molecule has 0 spiro atoms. The highest BCUT2D eigenvalue weighted by Crippen LogP contribution is 2.40. The van der Waals surface area contributed by atoms with Gasteiger partial charge in [-0.15, -0.1) is 0 Å². The molecule has 2 aliphatic rings. The van der Waals surface area contributed by atoms with Gasteiger partial charge in [0.1, 0.15) is 5.82 Å². The molecule has 1 atom stereocenters. The fourth-order valence-corrected chi connectivity index (χ4v) is 3.07. The second kappa shape index (κ2) is 4.30. The van der Waals surface area contributed by atoms with Crippen LogP contribution in [-0.2, 0) is 0 Å². The predicted molar refractivity (Wildman–Crippen MR) is 66.2 cm³/mol. The van der Waals surface area contributed by atoms with Crippen molar-refractivity contribution in [1.29, 1.82) is 0 Å². The lowest BCUT2D eigenvalue weighted by Crippen LogP contribution is -2.51. The third kappa shape index (κ3) is 1.94. The van der Waals surface area contributed by atoms with Gasteiger partial charge < -0.3 is 10.2 Å². The van der Waals surface area contributed by atoms with Crippen LogP contribution in [0.1, 0.15) is 37.9 Å². The monoisotopic (exact) mass is 238 g/mol. The summed E-state index contributed by atoms with van der Waals surface area (Å²) in [5, 5.41) is 4.58. The molecule has 0 bridgehead atoms. The lowest BCUT2D eigenvalue weighted by atomic mass is 10.1. The number of piperazine rings is 1. The molecule has 88 valence electrons. The first-order valence-corrected chi connectivity index (χ1v) is 6.96. The van der Waals surface area contributed by atoms with Crippen LogP contribution in [0.15, 0.2) is 0 Å². The van der Waals surface area contributed by atoms with Gasteiger partial charge in [0.25, 0.3) is 0 Å². The van der Waals surface area contributed by atoms with Crippen LogP contribution in [-0.4, -0.2) is 35.0 Å². The zero-order valence-corrected chi connectivity index (χ0v) is 10.5. The van der Waals surface area contributed by atoms with E-state index >= 15 is 0 Å².